The van der Waals surface area contributed by atoms with Crippen molar-refractivity contribution in [1.29, 1.82) is 0 Å². The van der Waals surface area contributed by atoms with E-state index in [1.807, 2.05) is 0 Å². The van der Waals surface area contributed by atoms with Crippen LogP contribution in [0, 0.1) is 11.8 Å². The zero-order valence-electron chi connectivity index (χ0n) is 13.6. The Bertz CT molecular complexity index is 502. The average Bonchev–Trinajstić information content (AvgIpc) is 3.11. The van der Waals surface area contributed by atoms with Gasteiger partial charge in [0.05, 0.1) is 6.04 Å². The Kier molecular flexibility index (Phi) is 4.99. The molecular formula is C18H27N3S. The molecule has 1 aromatic rings. The molecule has 0 heterocycles. The molecule has 2 aliphatic rings. The minimum atomic E-state index is 0.334. The van der Waals surface area contributed by atoms with Crippen molar-refractivity contribution >= 4 is 17.3 Å². The van der Waals surface area contributed by atoms with Gasteiger partial charge in [0.25, 0.3) is 0 Å². The van der Waals surface area contributed by atoms with Crippen LogP contribution in [-0.4, -0.2) is 36.7 Å². The largest absolute Gasteiger partial charge is 0.361 e. The third kappa shape index (κ3) is 3.61. The lowest BCUT2D eigenvalue weighted by Gasteiger charge is -2.28. The van der Waals surface area contributed by atoms with Crippen LogP contribution in [0.15, 0.2) is 30.3 Å². The fourth-order valence-corrected chi connectivity index (χ4v) is 4.34. The molecule has 2 saturated carbocycles. The van der Waals surface area contributed by atoms with Crippen molar-refractivity contribution in [2.75, 3.05) is 20.6 Å². The van der Waals surface area contributed by atoms with Gasteiger partial charge in [-0.1, -0.05) is 36.8 Å². The number of nitrogens with zero attached hydrogens (tertiary/aromatic N) is 1. The van der Waals surface area contributed by atoms with Crippen LogP contribution >= 0.6 is 12.2 Å². The van der Waals surface area contributed by atoms with Gasteiger partial charge in [-0.05, 0) is 63.0 Å². The highest BCUT2D eigenvalue weighted by atomic mass is 32.1. The molecule has 4 unspecified atom stereocenters. The van der Waals surface area contributed by atoms with E-state index in [4.69, 9.17) is 12.2 Å². The van der Waals surface area contributed by atoms with Crippen LogP contribution in [0.1, 0.15) is 37.3 Å². The summed E-state index contributed by atoms with van der Waals surface area (Å²) in [6.45, 7) is 0.837. The maximum Gasteiger partial charge on any atom is 0.166 e. The molecule has 0 aromatic heterocycles. The van der Waals surface area contributed by atoms with Crippen molar-refractivity contribution in [3.63, 3.8) is 0 Å². The van der Waals surface area contributed by atoms with Crippen LogP contribution < -0.4 is 10.6 Å². The molecule has 3 nitrogen and oxygen atoms in total. The van der Waals surface area contributed by atoms with E-state index in [9.17, 15) is 0 Å². The van der Waals surface area contributed by atoms with E-state index in [1.54, 1.807) is 0 Å². The van der Waals surface area contributed by atoms with Crippen molar-refractivity contribution in [3.05, 3.63) is 35.9 Å². The van der Waals surface area contributed by atoms with Gasteiger partial charge in [-0.25, -0.2) is 0 Å². The zero-order chi connectivity index (χ0) is 15.5. The second-order valence-electron chi connectivity index (χ2n) is 7.03. The maximum atomic E-state index is 5.52. The summed E-state index contributed by atoms with van der Waals surface area (Å²) < 4.78 is 0. The standard InChI is InChI=1S/C18H27N3S/c1-21(2)17(14-6-4-3-5-7-14)12-19-18(22)20-16-11-13-8-9-15(16)10-13/h3-7,13,15-17H,8-12H2,1-2H3,(H2,19,20,22). The first-order valence-electron chi connectivity index (χ1n) is 8.39. The Morgan fingerprint density at radius 3 is 2.59 bits per heavy atom. The van der Waals surface area contributed by atoms with Gasteiger partial charge >= 0.3 is 0 Å². The molecule has 0 saturated heterocycles. The second kappa shape index (κ2) is 6.97. The van der Waals surface area contributed by atoms with Gasteiger partial charge in [-0.2, -0.15) is 0 Å². The van der Waals surface area contributed by atoms with Crippen LogP contribution in [0.4, 0.5) is 0 Å². The van der Waals surface area contributed by atoms with E-state index in [0.717, 1.165) is 23.5 Å². The van der Waals surface area contributed by atoms with Crippen molar-refractivity contribution in [3.8, 4) is 0 Å². The first-order valence-corrected chi connectivity index (χ1v) is 8.80. The smallest absolute Gasteiger partial charge is 0.166 e. The molecule has 2 N–H and O–H groups in total. The minimum absolute atomic E-state index is 0.334. The van der Waals surface area contributed by atoms with Gasteiger partial charge in [0.15, 0.2) is 5.11 Å². The van der Waals surface area contributed by atoms with Crippen molar-refractivity contribution < 1.29 is 0 Å². The molecule has 22 heavy (non-hydrogen) atoms. The molecule has 2 aliphatic carbocycles. The highest BCUT2D eigenvalue weighted by Gasteiger charge is 2.39. The molecule has 120 valence electrons. The molecule has 0 spiro atoms. The molecule has 4 heteroatoms. The molecule has 0 amide bonds. The summed E-state index contributed by atoms with van der Waals surface area (Å²) in [5, 5.41) is 7.81. The Balaban J connectivity index is 1.50. The number of rotatable bonds is 5. The van der Waals surface area contributed by atoms with Gasteiger partial charge in [0, 0.05) is 12.6 Å². The van der Waals surface area contributed by atoms with Crippen molar-refractivity contribution in [2.45, 2.75) is 37.8 Å². The van der Waals surface area contributed by atoms with E-state index in [2.05, 4.69) is 60.0 Å². The lowest BCUT2D eigenvalue weighted by atomic mass is 9.95. The monoisotopic (exact) mass is 317 g/mol. The normalized spacial score (nSPS) is 27.9. The van der Waals surface area contributed by atoms with Crippen molar-refractivity contribution in [1.82, 2.24) is 15.5 Å². The molecule has 4 atom stereocenters. The molecular weight excluding hydrogens is 290 g/mol. The lowest BCUT2D eigenvalue weighted by molar-refractivity contribution is 0.297. The topological polar surface area (TPSA) is 27.3 Å². The molecule has 0 radical (unpaired) electrons. The fourth-order valence-electron chi connectivity index (χ4n) is 4.10. The number of thiocarbonyl (C=S) groups is 1. The summed E-state index contributed by atoms with van der Waals surface area (Å²) >= 11 is 5.52. The molecule has 0 aliphatic heterocycles. The number of fused-ring (bicyclic) bond motifs is 2. The predicted molar refractivity (Wildman–Crippen MR) is 95.8 cm³/mol. The number of hydrogen-bond acceptors (Lipinski definition) is 2. The van der Waals surface area contributed by atoms with E-state index < -0.39 is 0 Å². The summed E-state index contributed by atoms with van der Waals surface area (Å²) in [5.74, 6) is 1.80. The van der Waals surface area contributed by atoms with Crippen LogP contribution in [0.2, 0.25) is 0 Å². The first-order chi connectivity index (χ1) is 10.6. The number of likely N-dealkylation sites (N-methyl/N-ethyl adjacent to an activating group) is 1. The molecule has 3 rings (SSSR count). The molecule has 1 aromatic carbocycles. The Labute approximate surface area is 139 Å². The third-order valence-electron chi connectivity index (χ3n) is 5.32. The molecule has 2 fully saturated rings. The SMILES string of the molecule is CN(C)C(CNC(=S)NC1CC2CCC1C2)c1ccccc1. The summed E-state index contributed by atoms with van der Waals surface area (Å²) in [5.41, 5.74) is 1.32. The van der Waals surface area contributed by atoms with Crippen molar-refractivity contribution in [2.24, 2.45) is 11.8 Å². The van der Waals surface area contributed by atoms with Gasteiger partial charge in [-0.15, -0.1) is 0 Å². The zero-order valence-corrected chi connectivity index (χ0v) is 14.4. The summed E-state index contributed by atoms with van der Waals surface area (Å²) in [6.07, 6.45) is 5.53. The fraction of sp³-hybridized carbons (Fsp3) is 0.611. The average molecular weight is 318 g/mol. The summed E-state index contributed by atoms with van der Waals surface area (Å²) in [7, 11) is 4.23. The Morgan fingerprint density at radius 1 is 1.23 bits per heavy atom. The Hall–Kier alpha value is -1.13. The number of benzene rings is 1. The Morgan fingerprint density at radius 2 is 2.00 bits per heavy atom. The first kappa shape index (κ1) is 15.8. The second-order valence-corrected chi connectivity index (χ2v) is 7.43. The lowest BCUT2D eigenvalue weighted by Crippen LogP contribution is -2.46. The third-order valence-corrected chi connectivity index (χ3v) is 5.58. The van der Waals surface area contributed by atoms with Crippen LogP contribution in [0.5, 0.6) is 0 Å². The summed E-state index contributed by atoms with van der Waals surface area (Å²) in [6, 6.07) is 11.5. The van der Waals surface area contributed by atoms with E-state index >= 15 is 0 Å². The highest BCUT2D eigenvalue weighted by molar-refractivity contribution is 7.80. The van der Waals surface area contributed by atoms with Gasteiger partial charge < -0.3 is 15.5 Å². The van der Waals surface area contributed by atoms with Crippen LogP contribution in [0.25, 0.3) is 0 Å². The number of nitrogens with one attached hydrogen (secondary N) is 2. The summed E-state index contributed by atoms with van der Waals surface area (Å²) in [4.78, 5) is 2.24. The quantitative estimate of drug-likeness (QED) is 0.817. The highest BCUT2D eigenvalue weighted by Crippen LogP contribution is 2.44. The van der Waals surface area contributed by atoms with Gasteiger partial charge in [-0.3, -0.25) is 0 Å². The maximum absolute atomic E-state index is 5.52. The van der Waals surface area contributed by atoms with Gasteiger partial charge in [0.1, 0.15) is 0 Å². The van der Waals surface area contributed by atoms with Crippen LogP contribution in [0.3, 0.4) is 0 Å². The van der Waals surface area contributed by atoms with E-state index in [1.165, 1.54) is 31.2 Å². The van der Waals surface area contributed by atoms with Crippen LogP contribution in [-0.2, 0) is 0 Å². The molecule has 2 bridgehead atoms. The van der Waals surface area contributed by atoms with Gasteiger partial charge in [0.2, 0.25) is 0 Å². The number of hydrogen-bond donors (Lipinski definition) is 2. The minimum Gasteiger partial charge on any atom is -0.361 e. The van der Waals surface area contributed by atoms with E-state index in [0.29, 0.717) is 12.1 Å². The van der Waals surface area contributed by atoms with E-state index in [-0.39, 0.29) is 0 Å². The predicted octanol–water partition coefficient (Wildman–Crippen LogP) is 2.94.